The molecule has 1 heterocycles. The molecular weight excluding hydrogens is 176 g/mol. The van der Waals surface area contributed by atoms with Crippen LogP contribution in [0.25, 0.3) is 11.1 Å². The van der Waals surface area contributed by atoms with Gasteiger partial charge in [0.2, 0.25) is 0 Å². The van der Waals surface area contributed by atoms with Gasteiger partial charge in [0, 0.05) is 11.8 Å². The average Bonchev–Trinajstić information content (AvgIpc) is 2.19. The molecule has 0 bridgehead atoms. The minimum atomic E-state index is -0.303. The molecule has 0 radical (unpaired) electrons. The highest BCUT2D eigenvalue weighted by molar-refractivity contribution is 5.62. The summed E-state index contributed by atoms with van der Waals surface area (Å²) in [5.41, 5.74) is 2.99. The maximum atomic E-state index is 12.9. The van der Waals surface area contributed by atoms with Gasteiger partial charge in [-0.15, -0.1) is 0 Å². The maximum absolute atomic E-state index is 12.9. The molecule has 0 aliphatic heterocycles. The zero-order chi connectivity index (χ0) is 9.97. The molecule has 2 rings (SSSR count). The van der Waals surface area contributed by atoms with Gasteiger partial charge in [0.15, 0.2) is 0 Å². The quantitative estimate of drug-likeness (QED) is 0.666. The lowest BCUT2D eigenvalue weighted by atomic mass is 10.1. The first-order valence-corrected chi connectivity index (χ1v) is 4.43. The zero-order valence-electron chi connectivity index (χ0n) is 7.87. The van der Waals surface area contributed by atoms with E-state index in [4.69, 9.17) is 0 Å². The number of benzene rings is 1. The zero-order valence-corrected chi connectivity index (χ0v) is 7.87. The van der Waals surface area contributed by atoms with Crippen LogP contribution >= 0.6 is 0 Å². The van der Waals surface area contributed by atoms with Crippen LogP contribution in [0.4, 0.5) is 4.39 Å². The fourth-order valence-electron chi connectivity index (χ4n) is 1.32. The lowest BCUT2D eigenvalue weighted by Gasteiger charge is -2.01. The van der Waals surface area contributed by atoms with Crippen LogP contribution in [-0.4, -0.2) is 4.98 Å². The van der Waals surface area contributed by atoms with Crippen LogP contribution in [0.3, 0.4) is 0 Å². The number of hydrogen-bond acceptors (Lipinski definition) is 1. The summed E-state index contributed by atoms with van der Waals surface area (Å²) in [5.74, 6) is -0.303. The highest BCUT2D eigenvalue weighted by Gasteiger charge is 1.98. The normalized spacial score (nSPS) is 10.1. The minimum Gasteiger partial charge on any atom is -0.261 e. The summed E-state index contributed by atoms with van der Waals surface area (Å²) < 4.78 is 12.9. The molecule has 0 aliphatic rings. The van der Waals surface area contributed by atoms with Crippen molar-refractivity contribution in [3.8, 4) is 11.1 Å². The molecule has 0 fully saturated rings. The molecule has 0 amide bonds. The molecule has 0 atom stereocenters. The van der Waals surface area contributed by atoms with Gasteiger partial charge in [-0.05, 0) is 18.6 Å². The van der Waals surface area contributed by atoms with Gasteiger partial charge in [-0.2, -0.15) is 0 Å². The van der Waals surface area contributed by atoms with E-state index in [1.807, 2.05) is 31.2 Å². The van der Waals surface area contributed by atoms with Gasteiger partial charge < -0.3 is 0 Å². The SMILES string of the molecule is Cc1ccc(-c2cncc([18F])c2)cc1. The number of nitrogens with zero attached hydrogens (tertiary/aromatic N) is 1. The molecule has 0 aliphatic carbocycles. The van der Waals surface area contributed by atoms with Crippen molar-refractivity contribution in [1.82, 2.24) is 4.98 Å². The van der Waals surface area contributed by atoms with Gasteiger partial charge in [-0.1, -0.05) is 29.8 Å². The van der Waals surface area contributed by atoms with E-state index in [1.165, 1.54) is 17.8 Å². The van der Waals surface area contributed by atoms with Crippen molar-refractivity contribution in [1.29, 1.82) is 0 Å². The predicted octanol–water partition coefficient (Wildman–Crippen LogP) is 3.20. The van der Waals surface area contributed by atoms with Crippen molar-refractivity contribution in [2.24, 2.45) is 0 Å². The fourth-order valence-corrected chi connectivity index (χ4v) is 1.32. The Kier molecular flexibility index (Phi) is 2.27. The Morgan fingerprint density at radius 3 is 2.36 bits per heavy atom. The molecule has 1 aromatic carbocycles. The molecule has 14 heavy (non-hydrogen) atoms. The Labute approximate surface area is 82.2 Å². The van der Waals surface area contributed by atoms with Crippen molar-refractivity contribution in [3.05, 3.63) is 54.1 Å². The van der Waals surface area contributed by atoms with Crippen LogP contribution in [0.1, 0.15) is 5.56 Å². The first-order valence-electron chi connectivity index (χ1n) is 4.43. The number of hydrogen-bond donors (Lipinski definition) is 0. The second kappa shape index (κ2) is 3.58. The van der Waals surface area contributed by atoms with Gasteiger partial charge in [0.1, 0.15) is 5.82 Å². The largest absolute Gasteiger partial charge is 0.261 e. The molecule has 0 unspecified atom stereocenters. The lowest BCUT2D eigenvalue weighted by molar-refractivity contribution is 0.622. The smallest absolute Gasteiger partial charge is 0.142 e. The third-order valence-corrected chi connectivity index (χ3v) is 2.09. The highest BCUT2D eigenvalue weighted by Crippen LogP contribution is 2.19. The molecule has 0 saturated carbocycles. The van der Waals surface area contributed by atoms with Crippen LogP contribution in [0.5, 0.6) is 0 Å². The van der Waals surface area contributed by atoms with Gasteiger partial charge in [0.25, 0.3) is 0 Å². The van der Waals surface area contributed by atoms with Crippen molar-refractivity contribution in [2.75, 3.05) is 0 Å². The summed E-state index contributed by atoms with van der Waals surface area (Å²) >= 11 is 0. The summed E-state index contributed by atoms with van der Waals surface area (Å²) in [7, 11) is 0. The summed E-state index contributed by atoms with van der Waals surface area (Å²) in [4.78, 5) is 3.81. The van der Waals surface area contributed by atoms with E-state index < -0.39 is 0 Å². The third-order valence-electron chi connectivity index (χ3n) is 2.09. The van der Waals surface area contributed by atoms with Gasteiger partial charge in [-0.25, -0.2) is 4.39 Å². The summed E-state index contributed by atoms with van der Waals surface area (Å²) in [6, 6.07) is 9.41. The molecule has 1 nitrogen and oxygen atoms in total. The Bertz CT molecular complexity index is 434. The number of rotatable bonds is 1. The first-order chi connectivity index (χ1) is 6.75. The van der Waals surface area contributed by atoms with Crippen molar-refractivity contribution in [2.45, 2.75) is 6.92 Å². The van der Waals surface area contributed by atoms with E-state index in [2.05, 4.69) is 4.98 Å². The Balaban J connectivity index is 2.44. The first kappa shape index (κ1) is 8.88. The molecule has 70 valence electrons. The van der Waals surface area contributed by atoms with Crippen LogP contribution in [0.15, 0.2) is 42.7 Å². The monoisotopic (exact) mass is 186 g/mol. The topological polar surface area (TPSA) is 12.9 Å². The van der Waals surface area contributed by atoms with E-state index in [0.29, 0.717) is 0 Å². The maximum Gasteiger partial charge on any atom is 0.142 e. The molecule has 2 aromatic rings. The molecule has 2 heteroatoms. The van der Waals surface area contributed by atoms with Crippen molar-refractivity contribution >= 4 is 0 Å². The van der Waals surface area contributed by atoms with E-state index in [9.17, 15) is 4.39 Å². The minimum absolute atomic E-state index is 0.303. The second-order valence-electron chi connectivity index (χ2n) is 3.26. The standard InChI is InChI=1S/C12H10FN/c1-9-2-4-10(5-3-9)11-6-12(13)8-14-7-11/h2-8H,1H3/i13-1. The Morgan fingerprint density at radius 2 is 1.71 bits per heavy atom. The van der Waals surface area contributed by atoms with Crippen LogP contribution in [0, 0.1) is 12.7 Å². The fraction of sp³-hybridized carbons (Fsp3) is 0.0833. The third kappa shape index (κ3) is 1.79. The lowest BCUT2D eigenvalue weighted by Crippen LogP contribution is -1.82. The molecule has 0 saturated heterocycles. The van der Waals surface area contributed by atoms with E-state index >= 15 is 0 Å². The molecule has 1 aromatic heterocycles. The van der Waals surface area contributed by atoms with Crippen molar-refractivity contribution < 1.29 is 4.39 Å². The van der Waals surface area contributed by atoms with Gasteiger partial charge >= 0.3 is 0 Å². The summed E-state index contributed by atoms with van der Waals surface area (Å²) in [5, 5.41) is 0. The van der Waals surface area contributed by atoms with Gasteiger partial charge in [0.05, 0.1) is 6.20 Å². The summed E-state index contributed by atoms with van der Waals surface area (Å²) in [6.45, 7) is 2.02. The molecule has 0 spiro atoms. The van der Waals surface area contributed by atoms with E-state index in [-0.39, 0.29) is 5.82 Å². The summed E-state index contributed by atoms with van der Waals surface area (Å²) in [6.07, 6.45) is 2.87. The number of aromatic nitrogens is 1. The Hall–Kier alpha value is -1.70. The molecule has 0 N–H and O–H groups in total. The molecular formula is C12H10FN. The van der Waals surface area contributed by atoms with Gasteiger partial charge in [-0.3, -0.25) is 4.98 Å². The van der Waals surface area contributed by atoms with Crippen molar-refractivity contribution in [3.63, 3.8) is 0 Å². The predicted molar refractivity (Wildman–Crippen MR) is 54.4 cm³/mol. The second-order valence-corrected chi connectivity index (χ2v) is 3.26. The van der Waals surface area contributed by atoms with E-state index in [1.54, 1.807) is 6.20 Å². The number of halogens is 1. The number of aryl methyl sites for hydroxylation is 1. The van der Waals surface area contributed by atoms with Crippen LogP contribution in [0.2, 0.25) is 0 Å². The number of pyridine rings is 1. The average molecular weight is 186 g/mol. The Morgan fingerprint density at radius 1 is 1.00 bits per heavy atom. The van der Waals surface area contributed by atoms with Crippen LogP contribution in [-0.2, 0) is 0 Å². The van der Waals surface area contributed by atoms with E-state index in [0.717, 1.165) is 11.1 Å². The van der Waals surface area contributed by atoms with Crippen LogP contribution < -0.4 is 0 Å². The highest BCUT2D eigenvalue weighted by atomic mass is 18.2.